The van der Waals surface area contributed by atoms with Crippen molar-refractivity contribution in [1.29, 1.82) is 0 Å². The van der Waals surface area contributed by atoms with Gasteiger partial charge in [-0.15, -0.1) is 0 Å². The van der Waals surface area contributed by atoms with Gasteiger partial charge in [-0.05, 0) is 36.2 Å². The molecule has 3 nitrogen and oxygen atoms in total. The molecule has 2 aromatic rings. The van der Waals surface area contributed by atoms with Crippen LogP contribution in [0.1, 0.15) is 18.0 Å². The number of aliphatic hydroxyl groups is 1. The van der Waals surface area contributed by atoms with E-state index in [9.17, 15) is 0 Å². The molecule has 0 aliphatic heterocycles. The number of rotatable bonds is 5. The summed E-state index contributed by atoms with van der Waals surface area (Å²) in [6.07, 6.45) is 0.568. The van der Waals surface area contributed by atoms with Crippen LogP contribution < -0.4 is 10.5 Å². The smallest absolute Gasteiger partial charge is 0.127 e. The second-order valence-electron chi connectivity index (χ2n) is 4.10. The lowest BCUT2D eigenvalue weighted by atomic mass is 10.1. The molecule has 0 aliphatic carbocycles. The molecule has 3 heteroatoms. The highest BCUT2D eigenvalue weighted by molar-refractivity contribution is 5.33. The predicted molar refractivity (Wildman–Crippen MR) is 71.6 cm³/mol. The molecule has 3 N–H and O–H groups in total. The van der Waals surface area contributed by atoms with E-state index in [-0.39, 0.29) is 12.6 Å². The largest absolute Gasteiger partial charge is 0.457 e. The SMILES string of the molecule is N[C@H](CCO)c1ccc(Oc2ccccc2)cc1. The molecule has 2 aromatic carbocycles. The molecule has 1 atom stereocenters. The van der Waals surface area contributed by atoms with E-state index in [1.165, 1.54) is 0 Å². The first-order valence-electron chi connectivity index (χ1n) is 5.99. The first-order valence-corrected chi connectivity index (χ1v) is 5.99. The van der Waals surface area contributed by atoms with Crippen LogP contribution in [-0.4, -0.2) is 11.7 Å². The number of nitrogens with two attached hydrogens (primary N) is 1. The van der Waals surface area contributed by atoms with Gasteiger partial charge in [0.15, 0.2) is 0 Å². The highest BCUT2D eigenvalue weighted by Crippen LogP contribution is 2.23. The van der Waals surface area contributed by atoms with E-state index in [0.29, 0.717) is 6.42 Å². The highest BCUT2D eigenvalue weighted by Gasteiger charge is 2.05. The summed E-state index contributed by atoms with van der Waals surface area (Å²) >= 11 is 0. The Kier molecular flexibility index (Phi) is 4.34. The highest BCUT2D eigenvalue weighted by atomic mass is 16.5. The summed E-state index contributed by atoms with van der Waals surface area (Å²) in [5.41, 5.74) is 6.91. The Balaban J connectivity index is 2.04. The van der Waals surface area contributed by atoms with Gasteiger partial charge in [0.2, 0.25) is 0 Å². The van der Waals surface area contributed by atoms with Gasteiger partial charge in [-0.25, -0.2) is 0 Å². The minimum atomic E-state index is -0.124. The molecule has 0 fully saturated rings. The molecule has 0 unspecified atom stereocenters. The summed E-state index contributed by atoms with van der Waals surface area (Å²) in [5, 5.41) is 8.84. The summed E-state index contributed by atoms with van der Waals surface area (Å²) in [6, 6.07) is 17.1. The van der Waals surface area contributed by atoms with Crippen molar-refractivity contribution >= 4 is 0 Å². The maximum atomic E-state index is 8.84. The second kappa shape index (κ2) is 6.19. The van der Waals surface area contributed by atoms with Crippen LogP contribution in [0.4, 0.5) is 0 Å². The molecule has 0 radical (unpaired) electrons. The lowest BCUT2D eigenvalue weighted by molar-refractivity contribution is 0.276. The summed E-state index contributed by atoms with van der Waals surface area (Å²) in [5.74, 6) is 1.59. The molecule has 18 heavy (non-hydrogen) atoms. The molecule has 94 valence electrons. The van der Waals surface area contributed by atoms with Crippen molar-refractivity contribution in [2.24, 2.45) is 5.73 Å². The average molecular weight is 243 g/mol. The third-order valence-corrected chi connectivity index (χ3v) is 2.73. The van der Waals surface area contributed by atoms with Crippen LogP contribution in [0.2, 0.25) is 0 Å². The van der Waals surface area contributed by atoms with Gasteiger partial charge in [-0.2, -0.15) is 0 Å². The Morgan fingerprint density at radius 1 is 0.944 bits per heavy atom. The second-order valence-corrected chi connectivity index (χ2v) is 4.10. The zero-order valence-electron chi connectivity index (χ0n) is 10.1. The van der Waals surface area contributed by atoms with Gasteiger partial charge in [0, 0.05) is 12.6 Å². The minimum absolute atomic E-state index is 0.101. The Morgan fingerprint density at radius 2 is 1.56 bits per heavy atom. The van der Waals surface area contributed by atoms with E-state index in [4.69, 9.17) is 15.6 Å². The fourth-order valence-electron chi connectivity index (χ4n) is 1.71. The van der Waals surface area contributed by atoms with Gasteiger partial charge in [0.1, 0.15) is 11.5 Å². The molecule has 0 saturated carbocycles. The number of ether oxygens (including phenoxy) is 1. The summed E-state index contributed by atoms with van der Waals surface area (Å²) in [6.45, 7) is 0.101. The Hall–Kier alpha value is -1.84. The predicted octanol–water partition coefficient (Wildman–Crippen LogP) is 2.86. The van der Waals surface area contributed by atoms with Crippen molar-refractivity contribution in [2.45, 2.75) is 12.5 Å². The summed E-state index contributed by atoms with van der Waals surface area (Å²) in [4.78, 5) is 0. The fourth-order valence-corrected chi connectivity index (χ4v) is 1.71. The summed E-state index contributed by atoms with van der Waals surface area (Å²) < 4.78 is 5.68. The van der Waals surface area contributed by atoms with Crippen molar-refractivity contribution < 1.29 is 9.84 Å². The molecule has 0 heterocycles. The topological polar surface area (TPSA) is 55.5 Å². The van der Waals surface area contributed by atoms with Crippen molar-refractivity contribution in [3.63, 3.8) is 0 Å². The number of hydrogen-bond donors (Lipinski definition) is 2. The van der Waals surface area contributed by atoms with E-state index >= 15 is 0 Å². The lowest BCUT2D eigenvalue weighted by Crippen LogP contribution is -2.11. The normalized spacial score (nSPS) is 12.1. The van der Waals surface area contributed by atoms with Gasteiger partial charge in [-0.1, -0.05) is 30.3 Å². The van der Waals surface area contributed by atoms with Crippen LogP contribution in [0.25, 0.3) is 0 Å². The average Bonchev–Trinajstić information content (AvgIpc) is 2.41. The van der Waals surface area contributed by atoms with E-state index in [2.05, 4.69) is 0 Å². The van der Waals surface area contributed by atoms with E-state index < -0.39 is 0 Å². The van der Waals surface area contributed by atoms with Crippen LogP contribution in [-0.2, 0) is 0 Å². The number of para-hydroxylation sites is 1. The van der Waals surface area contributed by atoms with Crippen molar-refractivity contribution in [2.75, 3.05) is 6.61 Å². The fraction of sp³-hybridized carbons (Fsp3) is 0.200. The molecular formula is C15H17NO2. The van der Waals surface area contributed by atoms with Crippen LogP contribution in [0.15, 0.2) is 54.6 Å². The van der Waals surface area contributed by atoms with E-state index in [0.717, 1.165) is 17.1 Å². The first kappa shape index (κ1) is 12.6. The van der Waals surface area contributed by atoms with Crippen molar-refractivity contribution in [3.05, 3.63) is 60.2 Å². The van der Waals surface area contributed by atoms with Crippen LogP contribution >= 0.6 is 0 Å². The maximum Gasteiger partial charge on any atom is 0.127 e. The molecule has 0 aliphatic rings. The van der Waals surface area contributed by atoms with Crippen LogP contribution in [0, 0.1) is 0 Å². The van der Waals surface area contributed by atoms with Crippen LogP contribution in [0.3, 0.4) is 0 Å². The Labute approximate surface area is 107 Å². The summed E-state index contributed by atoms with van der Waals surface area (Å²) in [7, 11) is 0. The monoisotopic (exact) mass is 243 g/mol. The Bertz CT molecular complexity index is 468. The number of aliphatic hydroxyl groups excluding tert-OH is 1. The van der Waals surface area contributed by atoms with Crippen molar-refractivity contribution in [3.8, 4) is 11.5 Å². The third kappa shape index (κ3) is 3.32. The third-order valence-electron chi connectivity index (χ3n) is 2.73. The maximum absolute atomic E-state index is 8.84. The van der Waals surface area contributed by atoms with Gasteiger partial charge < -0.3 is 15.6 Å². The van der Waals surface area contributed by atoms with Gasteiger partial charge in [-0.3, -0.25) is 0 Å². The molecular weight excluding hydrogens is 226 g/mol. The zero-order valence-corrected chi connectivity index (χ0v) is 10.1. The lowest BCUT2D eigenvalue weighted by Gasteiger charge is -2.11. The van der Waals surface area contributed by atoms with E-state index in [1.54, 1.807) is 0 Å². The molecule has 2 rings (SSSR count). The van der Waals surface area contributed by atoms with Gasteiger partial charge in [0.05, 0.1) is 0 Å². The first-order chi connectivity index (χ1) is 8.79. The molecule has 0 spiro atoms. The molecule has 0 bridgehead atoms. The molecule has 0 saturated heterocycles. The quantitative estimate of drug-likeness (QED) is 0.849. The molecule has 0 amide bonds. The van der Waals surface area contributed by atoms with Gasteiger partial charge in [0.25, 0.3) is 0 Å². The zero-order chi connectivity index (χ0) is 12.8. The number of benzene rings is 2. The standard InChI is InChI=1S/C15H17NO2/c16-15(10-11-17)12-6-8-14(9-7-12)18-13-4-2-1-3-5-13/h1-9,15,17H,10-11,16H2/t15-/m1/s1. The number of hydrogen-bond acceptors (Lipinski definition) is 3. The van der Waals surface area contributed by atoms with Crippen molar-refractivity contribution in [1.82, 2.24) is 0 Å². The van der Waals surface area contributed by atoms with E-state index in [1.807, 2.05) is 54.6 Å². The van der Waals surface area contributed by atoms with Crippen LogP contribution in [0.5, 0.6) is 11.5 Å². The molecule has 0 aromatic heterocycles. The minimum Gasteiger partial charge on any atom is -0.457 e. The Morgan fingerprint density at radius 3 is 2.17 bits per heavy atom. The van der Waals surface area contributed by atoms with Gasteiger partial charge >= 0.3 is 0 Å².